The number of aromatic hydroxyl groups is 1. The normalized spacial score (nSPS) is 11.5. The van der Waals surface area contributed by atoms with E-state index in [1.807, 2.05) is 0 Å². The molecule has 0 saturated heterocycles. The lowest BCUT2D eigenvalue weighted by atomic mass is 10.2. The zero-order chi connectivity index (χ0) is 17.0. The second-order valence-electron chi connectivity index (χ2n) is 4.54. The van der Waals surface area contributed by atoms with Crippen LogP contribution in [0, 0.1) is 0 Å². The molecule has 2 aromatic heterocycles. The molecule has 0 amide bonds. The molecule has 10 heteroatoms. The van der Waals surface area contributed by atoms with Gasteiger partial charge < -0.3 is 15.5 Å². The Morgan fingerprint density at radius 3 is 2.78 bits per heavy atom. The van der Waals surface area contributed by atoms with Crippen molar-refractivity contribution in [3.05, 3.63) is 45.7 Å². The van der Waals surface area contributed by atoms with Crippen LogP contribution in [0.1, 0.15) is 5.69 Å². The first-order valence-corrected chi connectivity index (χ1v) is 6.87. The second kappa shape index (κ2) is 6.88. The van der Waals surface area contributed by atoms with Crippen LogP contribution in [0.3, 0.4) is 0 Å². The van der Waals surface area contributed by atoms with Gasteiger partial charge in [-0.2, -0.15) is 8.78 Å². The largest absolute Gasteiger partial charge is 0.506 e. The standard InChI is InChI=1S/C13H13ClF2N4O3/c14-9-6-18-11(12(23)20(9)4-5-21)19-7-13(15,16)10-8(22)2-1-3-17-10/h1-3,6,21-22H,4-5,7H2,(H,18,19). The van der Waals surface area contributed by atoms with Gasteiger partial charge in [0.05, 0.1) is 25.9 Å². The fourth-order valence-electron chi connectivity index (χ4n) is 1.85. The Morgan fingerprint density at radius 2 is 2.13 bits per heavy atom. The van der Waals surface area contributed by atoms with E-state index >= 15 is 0 Å². The van der Waals surface area contributed by atoms with Crippen molar-refractivity contribution in [2.45, 2.75) is 12.5 Å². The maximum absolute atomic E-state index is 14.1. The number of aliphatic hydroxyl groups excluding tert-OH is 1. The summed E-state index contributed by atoms with van der Waals surface area (Å²) in [4.78, 5) is 19.1. The highest BCUT2D eigenvalue weighted by molar-refractivity contribution is 6.29. The SMILES string of the molecule is O=c1c(NCC(F)(F)c2ncccc2O)ncc(Cl)n1CCO. The number of halogens is 3. The fraction of sp³-hybridized carbons (Fsp3) is 0.308. The van der Waals surface area contributed by atoms with E-state index in [0.717, 1.165) is 23.0 Å². The van der Waals surface area contributed by atoms with Gasteiger partial charge in [-0.25, -0.2) is 4.98 Å². The Balaban J connectivity index is 2.22. The molecule has 0 aliphatic carbocycles. The smallest absolute Gasteiger partial charge is 0.310 e. The minimum Gasteiger partial charge on any atom is -0.506 e. The van der Waals surface area contributed by atoms with Crippen LogP contribution in [-0.4, -0.2) is 37.9 Å². The molecule has 0 fully saturated rings. The predicted octanol–water partition coefficient (Wildman–Crippen LogP) is 1.19. The lowest BCUT2D eigenvalue weighted by Crippen LogP contribution is -2.31. The van der Waals surface area contributed by atoms with Gasteiger partial charge in [0, 0.05) is 6.20 Å². The van der Waals surface area contributed by atoms with Crippen molar-refractivity contribution in [1.29, 1.82) is 0 Å². The van der Waals surface area contributed by atoms with Gasteiger partial charge in [0.15, 0.2) is 11.5 Å². The molecule has 0 aliphatic heterocycles. The van der Waals surface area contributed by atoms with E-state index in [4.69, 9.17) is 16.7 Å². The van der Waals surface area contributed by atoms with Crippen molar-refractivity contribution in [1.82, 2.24) is 14.5 Å². The van der Waals surface area contributed by atoms with Crippen LogP contribution >= 0.6 is 11.6 Å². The summed E-state index contributed by atoms with van der Waals surface area (Å²) in [6.45, 7) is -1.44. The van der Waals surface area contributed by atoms with Crippen molar-refractivity contribution < 1.29 is 19.0 Å². The number of pyridine rings is 1. The first-order chi connectivity index (χ1) is 10.9. The number of aromatic nitrogens is 3. The van der Waals surface area contributed by atoms with E-state index in [0.29, 0.717) is 0 Å². The van der Waals surface area contributed by atoms with Gasteiger partial charge in [0.2, 0.25) is 0 Å². The number of hydrogen-bond donors (Lipinski definition) is 3. The number of nitrogens with zero attached hydrogens (tertiary/aromatic N) is 3. The van der Waals surface area contributed by atoms with Gasteiger partial charge >= 0.3 is 5.92 Å². The van der Waals surface area contributed by atoms with Gasteiger partial charge in [-0.3, -0.25) is 14.3 Å². The Morgan fingerprint density at radius 1 is 1.39 bits per heavy atom. The molecule has 7 nitrogen and oxygen atoms in total. The molecule has 0 radical (unpaired) electrons. The zero-order valence-corrected chi connectivity index (χ0v) is 12.5. The Bertz CT molecular complexity index is 754. The van der Waals surface area contributed by atoms with Crippen LogP contribution < -0.4 is 10.9 Å². The molecule has 0 atom stereocenters. The lowest BCUT2D eigenvalue weighted by molar-refractivity contribution is 0.00350. The summed E-state index contributed by atoms with van der Waals surface area (Å²) in [6, 6.07) is 2.40. The molecule has 3 N–H and O–H groups in total. The number of alkyl halides is 2. The van der Waals surface area contributed by atoms with Gasteiger partial charge in [0.1, 0.15) is 10.9 Å². The van der Waals surface area contributed by atoms with E-state index in [9.17, 15) is 18.7 Å². The summed E-state index contributed by atoms with van der Waals surface area (Å²) in [7, 11) is 0. The van der Waals surface area contributed by atoms with Gasteiger partial charge in [0.25, 0.3) is 5.56 Å². The highest BCUT2D eigenvalue weighted by Crippen LogP contribution is 2.32. The highest BCUT2D eigenvalue weighted by Gasteiger charge is 2.36. The molecule has 0 saturated carbocycles. The van der Waals surface area contributed by atoms with E-state index in [1.165, 1.54) is 6.07 Å². The maximum atomic E-state index is 14.1. The summed E-state index contributed by atoms with van der Waals surface area (Å²) in [6.07, 6.45) is 2.23. The van der Waals surface area contributed by atoms with Gasteiger partial charge in [-0.05, 0) is 12.1 Å². The number of anilines is 1. The van der Waals surface area contributed by atoms with Gasteiger partial charge in [-0.1, -0.05) is 11.6 Å². The lowest BCUT2D eigenvalue weighted by Gasteiger charge is -2.18. The summed E-state index contributed by atoms with van der Waals surface area (Å²) >= 11 is 5.76. The minimum atomic E-state index is -3.53. The highest BCUT2D eigenvalue weighted by atomic mass is 35.5. The van der Waals surface area contributed by atoms with Crippen LogP contribution in [0.5, 0.6) is 5.75 Å². The van der Waals surface area contributed by atoms with Crippen LogP contribution in [-0.2, 0) is 12.5 Å². The fourth-order valence-corrected chi connectivity index (χ4v) is 2.06. The molecule has 23 heavy (non-hydrogen) atoms. The van der Waals surface area contributed by atoms with Crippen LogP contribution in [0.15, 0.2) is 29.3 Å². The van der Waals surface area contributed by atoms with Crippen LogP contribution in [0.4, 0.5) is 14.6 Å². The summed E-state index contributed by atoms with van der Waals surface area (Å²) in [5, 5.41) is 20.5. The summed E-state index contributed by atoms with van der Waals surface area (Å²) in [5.74, 6) is -4.53. The number of nitrogens with one attached hydrogen (secondary N) is 1. The average Bonchev–Trinajstić information content (AvgIpc) is 2.51. The number of hydrogen-bond acceptors (Lipinski definition) is 6. The molecule has 0 aromatic carbocycles. The molecule has 2 rings (SSSR count). The molecule has 124 valence electrons. The third-order valence-corrected chi connectivity index (χ3v) is 3.24. The van der Waals surface area contributed by atoms with Crippen molar-refractivity contribution in [2.24, 2.45) is 0 Å². The Hall–Kier alpha value is -2.26. The van der Waals surface area contributed by atoms with Crippen molar-refractivity contribution in [3.8, 4) is 5.75 Å². The molecule has 0 bridgehead atoms. The van der Waals surface area contributed by atoms with Crippen molar-refractivity contribution in [3.63, 3.8) is 0 Å². The van der Waals surface area contributed by atoms with Crippen molar-refractivity contribution in [2.75, 3.05) is 18.5 Å². The third-order valence-electron chi connectivity index (χ3n) is 2.94. The predicted molar refractivity (Wildman–Crippen MR) is 78.9 cm³/mol. The summed E-state index contributed by atoms with van der Waals surface area (Å²) < 4.78 is 29.1. The number of rotatable bonds is 6. The third kappa shape index (κ3) is 3.74. The van der Waals surface area contributed by atoms with E-state index in [1.54, 1.807) is 0 Å². The van der Waals surface area contributed by atoms with Gasteiger partial charge in [-0.15, -0.1) is 0 Å². The molecular formula is C13H13ClF2N4O3. The topological polar surface area (TPSA) is 100 Å². The monoisotopic (exact) mass is 346 g/mol. The molecule has 0 spiro atoms. The Kier molecular flexibility index (Phi) is 5.12. The zero-order valence-electron chi connectivity index (χ0n) is 11.7. The summed E-state index contributed by atoms with van der Waals surface area (Å²) in [5.41, 5.74) is -1.55. The number of aliphatic hydroxyl groups is 1. The first-order valence-electron chi connectivity index (χ1n) is 6.49. The van der Waals surface area contributed by atoms with E-state index < -0.39 is 29.5 Å². The molecule has 2 heterocycles. The van der Waals surface area contributed by atoms with Crippen LogP contribution in [0.2, 0.25) is 5.15 Å². The maximum Gasteiger partial charge on any atom is 0.310 e. The Labute approximate surface area is 134 Å². The minimum absolute atomic E-state index is 0.0243. The molecule has 2 aromatic rings. The quantitative estimate of drug-likeness (QED) is 0.726. The average molecular weight is 347 g/mol. The first kappa shape index (κ1) is 17.1. The molecular weight excluding hydrogens is 334 g/mol. The molecule has 0 aliphatic rings. The van der Waals surface area contributed by atoms with Crippen LogP contribution in [0.25, 0.3) is 0 Å². The van der Waals surface area contributed by atoms with E-state index in [2.05, 4.69) is 15.3 Å². The second-order valence-corrected chi connectivity index (χ2v) is 4.93. The van der Waals surface area contributed by atoms with Crippen molar-refractivity contribution >= 4 is 17.4 Å². The van der Waals surface area contributed by atoms with E-state index in [-0.39, 0.29) is 24.1 Å². The molecule has 0 unspecified atom stereocenters.